The zero-order valence-electron chi connectivity index (χ0n) is 7.52. The van der Waals surface area contributed by atoms with E-state index in [4.69, 9.17) is 0 Å². The van der Waals surface area contributed by atoms with E-state index in [1.165, 1.54) is 12.7 Å². The molecule has 0 aromatic rings. The molecule has 0 radical (unpaired) electrons. The molecule has 0 aromatic carbocycles. The average molecular weight is 156 g/mol. The summed E-state index contributed by atoms with van der Waals surface area (Å²) in [4.78, 5) is 10.6. The molecule has 0 aromatic heterocycles. The van der Waals surface area contributed by atoms with Gasteiger partial charge in [0.15, 0.2) is 0 Å². The summed E-state index contributed by atoms with van der Waals surface area (Å²) in [6.45, 7) is 4.11. The maximum Gasteiger partial charge on any atom is 0.305 e. The van der Waals surface area contributed by atoms with Crippen molar-refractivity contribution in [1.82, 2.24) is 0 Å². The predicted octanol–water partition coefficient (Wildman–Crippen LogP) is 2.30. The van der Waals surface area contributed by atoms with Gasteiger partial charge in [-0.3, -0.25) is 4.79 Å². The third-order valence-electron chi connectivity index (χ3n) is 1.37. The molecule has 0 aliphatic rings. The molecule has 0 aliphatic carbocycles. The molecule has 0 rings (SSSR count). The molecule has 0 heterocycles. The van der Waals surface area contributed by atoms with E-state index in [0.29, 0.717) is 6.42 Å². The first-order chi connectivity index (χ1) is 5.16. The number of allylic oxidation sites excluding steroid dienone is 2. The number of ether oxygens (including phenoxy) is 1. The molecule has 64 valence electrons. The van der Waals surface area contributed by atoms with Gasteiger partial charge in [-0.2, -0.15) is 0 Å². The van der Waals surface area contributed by atoms with Gasteiger partial charge < -0.3 is 4.74 Å². The number of carbonyl (C=O) groups excluding carboxylic acids is 1. The number of unbranched alkanes of at least 4 members (excludes halogenated alkanes) is 1. The van der Waals surface area contributed by atoms with Gasteiger partial charge in [0.1, 0.15) is 0 Å². The van der Waals surface area contributed by atoms with E-state index in [1.54, 1.807) is 0 Å². The van der Waals surface area contributed by atoms with Crippen LogP contribution in [0.1, 0.15) is 33.1 Å². The molecular formula is C9H16O2. The molecule has 0 unspecified atom stereocenters. The lowest BCUT2D eigenvalue weighted by molar-refractivity contribution is -0.140. The van der Waals surface area contributed by atoms with Crippen LogP contribution < -0.4 is 0 Å². The highest BCUT2D eigenvalue weighted by atomic mass is 16.5. The van der Waals surface area contributed by atoms with Crippen LogP contribution in [0.25, 0.3) is 0 Å². The van der Waals surface area contributed by atoms with Gasteiger partial charge in [-0.15, -0.1) is 0 Å². The minimum Gasteiger partial charge on any atom is -0.469 e. The van der Waals surface area contributed by atoms with Crippen LogP contribution in [-0.2, 0) is 9.53 Å². The molecule has 11 heavy (non-hydrogen) atoms. The summed E-state index contributed by atoms with van der Waals surface area (Å²) in [6, 6.07) is 0. The highest BCUT2D eigenvalue weighted by molar-refractivity contribution is 5.68. The SMILES string of the molecule is COC(=O)CCCC=C(C)C. The molecule has 0 fully saturated rings. The summed E-state index contributed by atoms with van der Waals surface area (Å²) in [7, 11) is 1.42. The Balaban J connectivity index is 3.28. The van der Waals surface area contributed by atoms with E-state index in [1.807, 2.05) is 0 Å². The van der Waals surface area contributed by atoms with Crippen LogP contribution in [0.3, 0.4) is 0 Å². The third-order valence-corrected chi connectivity index (χ3v) is 1.37. The second-order valence-corrected chi connectivity index (χ2v) is 2.75. The van der Waals surface area contributed by atoms with E-state index >= 15 is 0 Å². The summed E-state index contributed by atoms with van der Waals surface area (Å²) in [5.41, 5.74) is 1.30. The first-order valence-corrected chi connectivity index (χ1v) is 3.87. The molecule has 0 saturated carbocycles. The second kappa shape index (κ2) is 5.96. The fourth-order valence-electron chi connectivity index (χ4n) is 0.739. The summed E-state index contributed by atoms with van der Waals surface area (Å²) in [5, 5.41) is 0. The van der Waals surface area contributed by atoms with Crippen molar-refractivity contribution in [1.29, 1.82) is 0 Å². The number of methoxy groups -OCH3 is 1. The molecule has 0 bridgehead atoms. The van der Waals surface area contributed by atoms with Gasteiger partial charge >= 0.3 is 5.97 Å². The average Bonchev–Trinajstić information content (AvgIpc) is 1.97. The van der Waals surface area contributed by atoms with Crippen molar-refractivity contribution in [3.05, 3.63) is 11.6 Å². The molecule has 0 aliphatic heterocycles. The van der Waals surface area contributed by atoms with Gasteiger partial charge in [0.25, 0.3) is 0 Å². The summed E-state index contributed by atoms with van der Waals surface area (Å²) < 4.78 is 4.50. The zero-order valence-corrected chi connectivity index (χ0v) is 7.52. The Labute approximate surface area is 68.2 Å². The van der Waals surface area contributed by atoms with Crippen molar-refractivity contribution in [3.8, 4) is 0 Å². The highest BCUT2D eigenvalue weighted by Gasteiger charge is 1.96. The maximum absolute atomic E-state index is 10.6. The van der Waals surface area contributed by atoms with Gasteiger partial charge in [0.05, 0.1) is 7.11 Å². The lowest BCUT2D eigenvalue weighted by Gasteiger charge is -1.96. The highest BCUT2D eigenvalue weighted by Crippen LogP contribution is 2.00. The molecule has 0 saturated heterocycles. The van der Waals surface area contributed by atoms with Crippen molar-refractivity contribution >= 4 is 5.97 Å². The van der Waals surface area contributed by atoms with E-state index in [2.05, 4.69) is 24.7 Å². The topological polar surface area (TPSA) is 26.3 Å². The number of esters is 1. The standard InChI is InChI=1S/C9H16O2/c1-8(2)6-4-5-7-9(10)11-3/h6H,4-5,7H2,1-3H3. The Morgan fingerprint density at radius 3 is 2.55 bits per heavy atom. The fourth-order valence-corrected chi connectivity index (χ4v) is 0.739. The van der Waals surface area contributed by atoms with Gasteiger partial charge in [0, 0.05) is 6.42 Å². The smallest absolute Gasteiger partial charge is 0.305 e. The summed E-state index contributed by atoms with van der Waals surface area (Å²) in [6.07, 6.45) is 4.51. The van der Waals surface area contributed by atoms with Crippen molar-refractivity contribution in [3.63, 3.8) is 0 Å². The van der Waals surface area contributed by atoms with Crippen LogP contribution in [0.2, 0.25) is 0 Å². The van der Waals surface area contributed by atoms with Crippen LogP contribution in [-0.4, -0.2) is 13.1 Å². The summed E-state index contributed by atoms with van der Waals surface area (Å²) >= 11 is 0. The predicted molar refractivity (Wildman–Crippen MR) is 45.3 cm³/mol. The minimum atomic E-state index is -0.118. The normalized spacial score (nSPS) is 9.00. The number of rotatable bonds is 4. The first kappa shape index (κ1) is 10.2. The monoisotopic (exact) mass is 156 g/mol. The Morgan fingerprint density at radius 2 is 2.09 bits per heavy atom. The first-order valence-electron chi connectivity index (χ1n) is 3.87. The second-order valence-electron chi connectivity index (χ2n) is 2.75. The molecule has 0 atom stereocenters. The van der Waals surface area contributed by atoms with Gasteiger partial charge in [-0.1, -0.05) is 11.6 Å². The molecule has 0 spiro atoms. The van der Waals surface area contributed by atoms with Crippen molar-refractivity contribution in [2.45, 2.75) is 33.1 Å². The van der Waals surface area contributed by atoms with Crippen molar-refractivity contribution < 1.29 is 9.53 Å². The summed E-state index contributed by atoms with van der Waals surface area (Å²) in [5.74, 6) is -0.118. The largest absolute Gasteiger partial charge is 0.469 e. The fraction of sp³-hybridized carbons (Fsp3) is 0.667. The Hall–Kier alpha value is -0.790. The Kier molecular flexibility index (Phi) is 5.53. The zero-order chi connectivity index (χ0) is 8.69. The lowest BCUT2D eigenvalue weighted by atomic mass is 10.2. The van der Waals surface area contributed by atoms with E-state index in [9.17, 15) is 4.79 Å². The molecule has 0 N–H and O–H groups in total. The number of hydrogen-bond donors (Lipinski definition) is 0. The molecule has 0 amide bonds. The van der Waals surface area contributed by atoms with Crippen LogP contribution in [0.15, 0.2) is 11.6 Å². The third kappa shape index (κ3) is 7.10. The van der Waals surface area contributed by atoms with E-state index in [0.717, 1.165) is 12.8 Å². The number of hydrogen-bond acceptors (Lipinski definition) is 2. The van der Waals surface area contributed by atoms with Crippen LogP contribution in [0, 0.1) is 0 Å². The molecular weight excluding hydrogens is 140 g/mol. The molecule has 2 nitrogen and oxygen atoms in total. The van der Waals surface area contributed by atoms with Crippen LogP contribution >= 0.6 is 0 Å². The number of carbonyl (C=O) groups is 1. The van der Waals surface area contributed by atoms with Crippen LogP contribution in [0.5, 0.6) is 0 Å². The maximum atomic E-state index is 10.6. The van der Waals surface area contributed by atoms with Gasteiger partial charge in [0.2, 0.25) is 0 Å². The quantitative estimate of drug-likeness (QED) is 0.354. The Bertz CT molecular complexity index is 144. The Morgan fingerprint density at radius 1 is 1.45 bits per heavy atom. The molecule has 2 heteroatoms. The van der Waals surface area contributed by atoms with E-state index in [-0.39, 0.29) is 5.97 Å². The van der Waals surface area contributed by atoms with Crippen LogP contribution in [0.4, 0.5) is 0 Å². The van der Waals surface area contributed by atoms with Crippen molar-refractivity contribution in [2.24, 2.45) is 0 Å². The lowest BCUT2D eigenvalue weighted by Crippen LogP contribution is -1.98. The van der Waals surface area contributed by atoms with Gasteiger partial charge in [-0.05, 0) is 26.7 Å². The van der Waals surface area contributed by atoms with Crippen molar-refractivity contribution in [2.75, 3.05) is 7.11 Å². The van der Waals surface area contributed by atoms with Gasteiger partial charge in [-0.25, -0.2) is 0 Å². The van der Waals surface area contributed by atoms with E-state index < -0.39 is 0 Å². The minimum absolute atomic E-state index is 0.118.